The molecule has 0 spiro atoms. The lowest BCUT2D eigenvalue weighted by molar-refractivity contribution is 0.301. The van der Waals surface area contributed by atoms with Crippen LogP contribution in [0.2, 0.25) is 0 Å². The fourth-order valence-electron chi connectivity index (χ4n) is 6.97. The predicted molar refractivity (Wildman–Crippen MR) is 121 cm³/mol. The minimum atomic E-state index is 0.800. The zero-order chi connectivity index (χ0) is 19.3. The van der Waals surface area contributed by atoms with E-state index in [1.165, 1.54) is 109 Å². The van der Waals surface area contributed by atoms with E-state index in [-0.39, 0.29) is 0 Å². The van der Waals surface area contributed by atoms with Crippen LogP contribution in [0.25, 0.3) is 0 Å². The Kier molecular flexibility index (Phi) is 7.37. The van der Waals surface area contributed by atoms with Gasteiger partial charge in [0.2, 0.25) is 0 Å². The molecular weight excluding hydrogens is 338 g/mol. The first-order valence-electron chi connectivity index (χ1n) is 12.8. The fraction of sp³-hybridized carbons (Fsp3) is 0.852. The molecule has 0 aromatic rings. The van der Waals surface area contributed by atoms with Gasteiger partial charge < -0.3 is 4.90 Å². The molecule has 4 aliphatic rings. The Morgan fingerprint density at radius 1 is 0.714 bits per heavy atom. The van der Waals surface area contributed by atoms with Crippen molar-refractivity contribution in [2.24, 2.45) is 23.7 Å². The van der Waals surface area contributed by atoms with Crippen molar-refractivity contribution in [1.29, 1.82) is 0 Å². The minimum Gasteiger partial charge on any atom is -0.309 e. The first-order chi connectivity index (χ1) is 13.7. The minimum absolute atomic E-state index is 0.800. The van der Waals surface area contributed by atoms with Crippen LogP contribution in [0, 0.1) is 23.7 Å². The van der Waals surface area contributed by atoms with E-state index in [9.17, 15) is 0 Å². The molecular formula is C27H45N. The summed E-state index contributed by atoms with van der Waals surface area (Å²) >= 11 is 0. The molecule has 4 aliphatic carbocycles. The smallest absolute Gasteiger partial charge is 0.00176 e. The molecule has 4 rings (SSSR count). The lowest BCUT2D eigenvalue weighted by Gasteiger charge is -2.33. The molecule has 0 N–H and O–H groups in total. The Bertz CT molecular complexity index is 551. The van der Waals surface area contributed by atoms with Crippen molar-refractivity contribution in [2.45, 2.75) is 103 Å². The standard InChI is InChI=1S/C27H45N/c1-28(2)19-18-24-25(21-12-6-3-7-13-21)20-26(22-14-8-4-9-15-22)27(24)23-16-10-5-11-17-23/h20-23,25H,3-19H2,1-2H3. The summed E-state index contributed by atoms with van der Waals surface area (Å²) in [6.07, 6.45) is 26.4. The summed E-state index contributed by atoms with van der Waals surface area (Å²) in [4.78, 5) is 2.42. The van der Waals surface area contributed by atoms with E-state index in [2.05, 4.69) is 25.1 Å². The van der Waals surface area contributed by atoms with Gasteiger partial charge in [0.25, 0.3) is 0 Å². The highest BCUT2D eigenvalue weighted by Gasteiger charge is 2.38. The van der Waals surface area contributed by atoms with E-state index >= 15 is 0 Å². The van der Waals surface area contributed by atoms with E-state index in [0.717, 1.165) is 23.7 Å². The lowest BCUT2D eigenvalue weighted by Crippen LogP contribution is -2.22. The van der Waals surface area contributed by atoms with E-state index < -0.39 is 0 Å². The third-order valence-electron chi connectivity index (χ3n) is 8.46. The Morgan fingerprint density at radius 2 is 1.25 bits per heavy atom. The van der Waals surface area contributed by atoms with Gasteiger partial charge >= 0.3 is 0 Å². The van der Waals surface area contributed by atoms with Crippen LogP contribution in [0.15, 0.2) is 22.8 Å². The third kappa shape index (κ3) is 4.77. The van der Waals surface area contributed by atoms with Crippen molar-refractivity contribution in [3.63, 3.8) is 0 Å². The largest absolute Gasteiger partial charge is 0.309 e. The van der Waals surface area contributed by atoms with Crippen LogP contribution in [-0.4, -0.2) is 25.5 Å². The van der Waals surface area contributed by atoms with Crippen LogP contribution in [0.1, 0.15) is 103 Å². The van der Waals surface area contributed by atoms with Crippen molar-refractivity contribution >= 4 is 0 Å². The first kappa shape index (κ1) is 20.7. The lowest BCUT2D eigenvalue weighted by atomic mass is 9.73. The second kappa shape index (κ2) is 9.96. The highest BCUT2D eigenvalue weighted by Crippen LogP contribution is 2.51. The average Bonchev–Trinajstić information content (AvgIpc) is 3.13. The molecule has 0 aromatic carbocycles. The van der Waals surface area contributed by atoms with Gasteiger partial charge in [0.1, 0.15) is 0 Å². The van der Waals surface area contributed by atoms with E-state index in [0.29, 0.717) is 0 Å². The maximum Gasteiger partial charge on any atom is 0.00176 e. The molecule has 1 unspecified atom stereocenters. The van der Waals surface area contributed by atoms with Crippen molar-refractivity contribution in [3.05, 3.63) is 22.8 Å². The molecule has 28 heavy (non-hydrogen) atoms. The second-order valence-corrected chi connectivity index (χ2v) is 10.7. The van der Waals surface area contributed by atoms with Gasteiger partial charge in [-0.3, -0.25) is 0 Å². The number of rotatable bonds is 6. The normalized spacial score (nSPS) is 29.0. The Balaban J connectivity index is 1.67. The summed E-state index contributed by atoms with van der Waals surface area (Å²) in [5.74, 6) is 3.54. The highest BCUT2D eigenvalue weighted by molar-refractivity contribution is 5.48. The number of hydrogen-bond acceptors (Lipinski definition) is 1. The van der Waals surface area contributed by atoms with Crippen molar-refractivity contribution < 1.29 is 0 Å². The molecule has 0 aromatic heterocycles. The summed E-state index contributed by atoms with van der Waals surface area (Å²) in [6.45, 7) is 1.24. The zero-order valence-corrected chi connectivity index (χ0v) is 18.9. The fourth-order valence-corrected chi connectivity index (χ4v) is 6.97. The number of hydrogen-bond donors (Lipinski definition) is 0. The molecule has 0 saturated heterocycles. The quantitative estimate of drug-likeness (QED) is 0.458. The van der Waals surface area contributed by atoms with Gasteiger partial charge in [0, 0.05) is 12.5 Å². The van der Waals surface area contributed by atoms with Gasteiger partial charge in [0.05, 0.1) is 0 Å². The molecule has 158 valence electrons. The first-order valence-corrected chi connectivity index (χ1v) is 12.8. The van der Waals surface area contributed by atoms with E-state index in [4.69, 9.17) is 0 Å². The molecule has 3 saturated carbocycles. The molecule has 3 fully saturated rings. The highest BCUT2D eigenvalue weighted by atomic mass is 15.0. The van der Waals surface area contributed by atoms with E-state index in [1.807, 2.05) is 16.7 Å². The third-order valence-corrected chi connectivity index (χ3v) is 8.46. The van der Waals surface area contributed by atoms with Crippen molar-refractivity contribution in [1.82, 2.24) is 4.90 Å². The SMILES string of the molecule is CN(C)CCC1=C(C2CCCCC2)C(C2CCCCC2)=CC1C1CCCCC1. The summed E-state index contributed by atoms with van der Waals surface area (Å²) in [5.41, 5.74) is 5.74. The van der Waals surface area contributed by atoms with Crippen molar-refractivity contribution in [2.75, 3.05) is 20.6 Å². The predicted octanol–water partition coefficient (Wildman–Crippen LogP) is 7.53. The van der Waals surface area contributed by atoms with Gasteiger partial charge in [-0.1, -0.05) is 69.4 Å². The molecule has 0 aliphatic heterocycles. The van der Waals surface area contributed by atoms with Gasteiger partial charge in [-0.25, -0.2) is 0 Å². The van der Waals surface area contributed by atoms with Crippen LogP contribution in [-0.2, 0) is 0 Å². The Hall–Kier alpha value is -0.560. The van der Waals surface area contributed by atoms with Crippen LogP contribution < -0.4 is 0 Å². The monoisotopic (exact) mass is 383 g/mol. The summed E-state index contributed by atoms with van der Waals surface area (Å²) in [7, 11) is 4.53. The molecule has 0 radical (unpaired) electrons. The van der Waals surface area contributed by atoms with Gasteiger partial charge in [-0.05, 0) is 87.9 Å². The van der Waals surface area contributed by atoms with Crippen LogP contribution >= 0.6 is 0 Å². The van der Waals surface area contributed by atoms with Crippen LogP contribution in [0.3, 0.4) is 0 Å². The summed E-state index contributed by atoms with van der Waals surface area (Å²) < 4.78 is 0. The van der Waals surface area contributed by atoms with Crippen LogP contribution in [0.5, 0.6) is 0 Å². The zero-order valence-electron chi connectivity index (χ0n) is 18.9. The summed E-state index contributed by atoms with van der Waals surface area (Å²) in [6, 6.07) is 0. The average molecular weight is 384 g/mol. The molecule has 1 heteroatoms. The molecule has 1 nitrogen and oxygen atoms in total. The van der Waals surface area contributed by atoms with E-state index in [1.54, 1.807) is 0 Å². The molecule has 1 atom stereocenters. The molecule has 0 amide bonds. The Morgan fingerprint density at radius 3 is 1.82 bits per heavy atom. The van der Waals surface area contributed by atoms with Crippen molar-refractivity contribution in [3.8, 4) is 0 Å². The molecule has 0 bridgehead atoms. The summed E-state index contributed by atoms with van der Waals surface area (Å²) in [5, 5.41) is 0. The van der Waals surface area contributed by atoms with Gasteiger partial charge in [-0.15, -0.1) is 0 Å². The van der Waals surface area contributed by atoms with Gasteiger partial charge in [0.15, 0.2) is 0 Å². The maximum atomic E-state index is 2.88. The second-order valence-electron chi connectivity index (χ2n) is 10.7. The molecule has 0 heterocycles. The number of nitrogens with zero attached hydrogens (tertiary/aromatic N) is 1. The van der Waals surface area contributed by atoms with Crippen LogP contribution in [0.4, 0.5) is 0 Å². The Labute approximate surface area is 175 Å². The topological polar surface area (TPSA) is 3.24 Å². The number of allylic oxidation sites excluding steroid dienone is 3. The van der Waals surface area contributed by atoms with Gasteiger partial charge in [-0.2, -0.15) is 0 Å². The maximum absolute atomic E-state index is 2.88.